The van der Waals surface area contributed by atoms with Crippen molar-refractivity contribution in [3.05, 3.63) is 75.6 Å². The number of nitrogens with one attached hydrogen (secondary N) is 2. The first-order valence-corrected chi connectivity index (χ1v) is 9.94. The van der Waals surface area contributed by atoms with E-state index in [1.54, 1.807) is 24.5 Å². The van der Waals surface area contributed by atoms with E-state index in [1.807, 2.05) is 11.4 Å². The number of aromatic nitrogens is 2. The van der Waals surface area contributed by atoms with Crippen molar-refractivity contribution in [1.82, 2.24) is 15.3 Å². The summed E-state index contributed by atoms with van der Waals surface area (Å²) in [5, 5.41) is 5.86. The molecular formula is C21H20FN3O2S. The maximum absolute atomic E-state index is 13.2. The van der Waals surface area contributed by atoms with Gasteiger partial charge in [0.2, 0.25) is 0 Å². The maximum Gasteiger partial charge on any atom is 0.260 e. The number of benzene rings is 1. The standard InChI is InChI=1S/C21H20FN3O2S/c1-12(2)19(13-5-7-14(22)8-6-13)23-10-17-24-20(26)18-15(11-28-21(18)25-17)16-4-3-9-27-16/h3-9,11-12,19,23H,10H2,1-2H3,(H,24,25,26)/t19-/m1/s1. The number of hydrogen-bond donors (Lipinski definition) is 2. The first-order chi connectivity index (χ1) is 13.5. The molecule has 5 nitrogen and oxygen atoms in total. The molecule has 0 fully saturated rings. The Morgan fingerprint density at radius 1 is 1.25 bits per heavy atom. The fraction of sp³-hybridized carbons (Fsp3) is 0.238. The van der Waals surface area contributed by atoms with Gasteiger partial charge >= 0.3 is 0 Å². The van der Waals surface area contributed by atoms with Crippen molar-refractivity contribution in [1.29, 1.82) is 0 Å². The average Bonchev–Trinajstić information content (AvgIpc) is 3.32. The van der Waals surface area contributed by atoms with Gasteiger partial charge in [-0.15, -0.1) is 11.3 Å². The lowest BCUT2D eigenvalue weighted by Crippen LogP contribution is -2.27. The number of H-pyrrole nitrogens is 1. The highest BCUT2D eigenvalue weighted by molar-refractivity contribution is 7.17. The second-order valence-corrected chi connectivity index (χ2v) is 7.83. The molecule has 4 rings (SSSR count). The molecule has 0 aliphatic heterocycles. The lowest BCUT2D eigenvalue weighted by molar-refractivity contribution is 0.405. The lowest BCUT2D eigenvalue weighted by atomic mass is 9.96. The normalized spacial score (nSPS) is 12.7. The van der Waals surface area contributed by atoms with Gasteiger partial charge in [-0.25, -0.2) is 9.37 Å². The van der Waals surface area contributed by atoms with E-state index in [1.165, 1.54) is 23.5 Å². The van der Waals surface area contributed by atoms with Gasteiger partial charge in [0.25, 0.3) is 5.56 Å². The molecule has 3 aromatic heterocycles. The average molecular weight is 397 g/mol. The van der Waals surface area contributed by atoms with E-state index < -0.39 is 0 Å². The monoisotopic (exact) mass is 397 g/mol. The molecule has 28 heavy (non-hydrogen) atoms. The van der Waals surface area contributed by atoms with Crippen LogP contribution < -0.4 is 10.9 Å². The van der Waals surface area contributed by atoms with E-state index in [-0.39, 0.29) is 23.3 Å². The molecule has 0 spiro atoms. The van der Waals surface area contributed by atoms with Crippen molar-refractivity contribution in [2.75, 3.05) is 0 Å². The summed E-state index contributed by atoms with van der Waals surface area (Å²) in [4.78, 5) is 20.8. The Hall–Kier alpha value is -2.77. The fourth-order valence-corrected chi connectivity index (χ4v) is 4.25. The van der Waals surface area contributed by atoms with E-state index in [9.17, 15) is 9.18 Å². The van der Waals surface area contributed by atoms with Crippen molar-refractivity contribution in [3.63, 3.8) is 0 Å². The Balaban J connectivity index is 1.59. The Bertz CT molecular complexity index is 1130. The molecule has 1 atom stereocenters. The number of furan rings is 1. The fourth-order valence-electron chi connectivity index (χ4n) is 3.31. The van der Waals surface area contributed by atoms with Gasteiger partial charge in [-0.05, 0) is 35.7 Å². The zero-order valence-corrected chi connectivity index (χ0v) is 16.3. The van der Waals surface area contributed by atoms with Crippen molar-refractivity contribution < 1.29 is 8.81 Å². The summed E-state index contributed by atoms with van der Waals surface area (Å²) in [5.41, 5.74) is 1.57. The van der Waals surface area contributed by atoms with Gasteiger partial charge in [-0.3, -0.25) is 4.79 Å². The summed E-state index contributed by atoms with van der Waals surface area (Å²) < 4.78 is 18.6. The molecule has 1 aromatic carbocycles. The summed E-state index contributed by atoms with van der Waals surface area (Å²) >= 11 is 1.42. The highest BCUT2D eigenvalue weighted by Gasteiger charge is 2.18. The van der Waals surface area contributed by atoms with Gasteiger partial charge in [0, 0.05) is 17.0 Å². The molecular weight excluding hydrogens is 377 g/mol. The quantitative estimate of drug-likeness (QED) is 0.487. The predicted octanol–water partition coefficient (Wildman–Crippen LogP) is 4.87. The minimum Gasteiger partial charge on any atom is -0.464 e. The molecule has 0 aliphatic carbocycles. The molecule has 0 unspecified atom stereocenters. The number of nitrogens with zero attached hydrogens (tertiary/aromatic N) is 1. The Morgan fingerprint density at radius 3 is 2.71 bits per heavy atom. The third-order valence-electron chi connectivity index (χ3n) is 4.66. The van der Waals surface area contributed by atoms with Crippen molar-refractivity contribution >= 4 is 21.6 Å². The number of thiophene rings is 1. The molecule has 7 heteroatoms. The summed E-state index contributed by atoms with van der Waals surface area (Å²) in [5.74, 6) is 1.25. The van der Waals surface area contributed by atoms with Gasteiger partial charge in [-0.1, -0.05) is 26.0 Å². The van der Waals surface area contributed by atoms with Gasteiger partial charge in [0.05, 0.1) is 18.2 Å². The SMILES string of the molecule is CC(C)[C@@H](NCc1nc2scc(-c3ccco3)c2c(=O)[nH]1)c1ccc(F)cc1. The summed E-state index contributed by atoms with van der Waals surface area (Å²) in [6.45, 7) is 4.59. The second-order valence-electron chi connectivity index (χ2n) is 6.97. The molecule has 2 N–H and O–H groups in total. The third kappa shape index (κ3) is 3.63. The lowest BCUT2D eigenvalue weighted by Gasteiger charge is -2.22. The van der Waals surface area contributed by atoms with Gasteiger partial charge in [-0.2, -0.15) is 0 Å². The number of aromatic amines is 1. The van der Waals surface area contributed by atoms with Gasteiger partial charge in [0.15, 0.2) is 0 Å². The van der Waals surface area contributed by atoms with Crippen LogP contribution in [-0.2, 0) is 6.54 Å². The topological polar surface area (TPSA) is 70.9 Å². The third-order valence-corrected chi connectivity index (χ3v) is 5.54. The van der Waals surface area contributed by atoms with Gasteiger partial charge < -0.3 is 14.7 Å². The van der Waals surface area contributed by atoms with Crippen LogP contribution in [0.1, 0.15) is 31.3 Å². The number of fused-ring (bicyclic) bond motifs is 1. The molecule has 3 heterocycles. The zero-order valence-electron chi connectivity index (χ0n) is 15.5. The largest absolute Gasteiger partial charge is 0.464 e. The minimum atomic E-state index is -0.257. The molecule has 0 aliphatic rings. The maximum atomic E-state index is 13.2. The summed E-state index contributed by atoms with van der Waals surface area (Å²) in [6, 6.07) is 10.1. The van der Waals surface area contributed by atoms with Gasteiger partial charge in [0.1, 0.15) is 22.2 Å². The molecule has 0 saturated heterocycles. The van der Waals surface area contributed by atoms with Crippen LogP contribution in [0.3, 0.4) is 0 Å². The van der Waals surface area contributed by atoms with E-state index in [0.29, 0.717) is 28.3 Å². The van der Waals surface area contributed by atoms with Crippen LogP contribution in [0.15, 0.2) is 57.3 Å². The van der Waals surface area contributed by atoms with Crippen LogP contribution in [0, 0.1) is 11.7 Å². The van der Waals surface area contributed by atoms with Crippen molar-refractivity contribution in [3.8, 4) is 11.3 Å². The minimum absolute atomic E-state index is 0.0172. The highest BCUT2D eigenvalue weighted by atomic mass is 32.1. The van der Waals surface area contributed by atoms with E-state index in [0.717, 1.165) is 11.1 Å². The highest BCUT2D eigenvalue weighted by Crippen LogP contribution is 2.31. The van der Waals surface area contributed by atoms with Crippen LogP contribution in [0.4, 0.5) is 4.39 Å². The van der Waals surface area contributed by atoms with Crippen LogP contribution in [0.2, 0.25) is 0 Å². The zero-order chi connectivity index (χ0) is 19.7. The van der Waals surface area contributed by atoms with Crippen molar-refractivity contribution in [2.24, 2.45) is 5.92 Å². The molecule has 0 amide bonds. The van der Waals surface area contributed by atoms with Crippen molar-refractivity contribution in [2.45, 2.75) is 26.4 Å². The van der Waals surface area contributed by atoms with E-state index in [2.05, 4.69) is 29.1 Å². The summed E-state index contributed by atoms with van der Waals surface area (Å²) in [7, 11) is 0. The molecule has 4 aromatic rings. The smallest absolute Gasteiger partial charge is 0.260 e. The number of rotatable bonds is 6. The predicted molar refractivity (Wildman–Crippen MR) is 109 cm³/mol. The molecule has 0 saturated carbocycles. The molecule has 0 radical (unpaired) electrons. The summed E-state index contributed by atoms with van der Waals surface area (Å²) in [6.07, 6.45) is 1.58. The Kier molecular flexibility index (Phi) is 5.11. The second kappa shape index (κ2) is 7.69. The van der Waals surface area contributed by atoms with Crippen LogP contribution in [0.25, 0.3) is 21.5 Å². The number of halogens is 1. The first-order valence-electron chi connectivity index (χ1n) is 9.06. The number of hydrogen-bond acceptors (Lipinski definition) is 5. The van der Waals surface area contributed by atoms with Crippen LogP contribution >= 0.6 is 11.3 Å². The molecule has 144 valence electrons. The first kappa shape index (κ1) is 18.6. The van der Waals surface area contributed by atoms with E-state index in [4.69, 9.17) is 4.42 Å². The van der Waals surface area contributed by atoms with Crippen LogP contribution in [-0.4, -0.2) is 9.97 Å². The van der Waals surface area contributed by atoms with E-state index >= 15 is 0 Å². The van der Waals surface area contributed by atoms with Crippen LogP contribution in [0.5, 0.6) is 0 Å². The Labute approximate surface area is 165 Å². The molecule has 0 bridgehead atoms. The Morgan fingerprint density at radius 2 is 2.04 bits per heavy atom.